The first-order chi connectivity index (χ1) is 8.27. The molecule has 0 aromatic rings. The predicted molar refractivity (Wildman–Crippen MR) is 64.0 cm³/mol. The van der Waals surface area contributed by atoms with E-state index in [9.17, 15) is 5.11 Å². The molecule has 4 heteroatoms. The van der Waals surface area contributed by atoms with E-state index < -0.39 is 0 Å². The van der Waals surface area contributed by atoms with Crippen molar-refractivity contribution in [2.45, 2.75) is 49.9 Å². The molecular weight excluding hydrogens is 218 g/mol. The maximum atomic E-state index is 9.64. The van der Waals surface area contributed by atoms with E-state index in [1.165, 1.54) is 0 Å². The van der Waals surface area contributed by atoms with E-state index in [-0.39, 0.29) is 11.7 Å². The zero-order valence-electron chi connectivity index (χ0n) is 10.4. The number of aliphatic hydroxyl groups is 1. The minimum Gasteiger partial charge on any atom is -0.392 e. The summed E-state index contributed by atoms with van der Waals surface area (Å²) in [6.45, 7) is 4.47. The molecule has 2 atom stereocenters. The highest BCUT2D eigenvalue weighted by atomic mass is 16.5. The highest BCUT2D eigenvalue weighted by Gasteiger charge is 2.41. The minimum atomic E-state index is -0.108. The van der Waals surface area contributed by atoms with Crippen LogP contribution in [0.3, 0.4) is 0 Å². The van der Waals surface area contributed by atoms with Crippen LogP contribution in [-0.2, 0) is 9.47 Å². The quantitative estimate of drug-likeness (QED) is 0.736. The molecule has 3 fully saturated rings. The van der Waals surface area contributed by atoms with Crippen LogP contribution in [0.1, 0.15) is 32.1 Å². The highest BCUT2D eigenvalue weighted by molar-refractivity contribution is 4.94. The van der Waals surface area contributed by atoms with Crippen molar-refractivity contribution in [1.29, 1.82) is 0 Å². The van der Waals surface area contributed by atoms with Crippen LogP contribution in [0.4, 0.5) is 0 Å². The normalized spacial score (nSPS) is 38.6. The first-order valence-electron chi connectivity index (χ1n) is 6.91. The number of hydrogen-bond acceptors (Lipinski definition) is 4. The SMILES string of the molecule is O[C@H]1CCN(C2CCOC3(CCOCC3)C2)C1. The summed E-state index contributed by atoms with van der Waals surface area (Å²) in [4.78, 5) is 2.46. The monoisotopic (exact) mass is 241 g/mol. The maximum Gasteiger partial charge on any atom is 0.0741 e. The molecule has 1 unspecified atom stereocenters. The number of nitrogens with zero attached hydrogens (tertiary/aromatic N) is 1. The Balaban J connectivity index is 1.62. The fourth-order valence-corrected chi connectivity index (χ4v) is 3.51. The van der Waals surface area contributed by atoms with Gasteiger partial charge in [0.05, 0.1) is 11.7 Å². The van der Waals surface area contributed by atoms with Gasteiger partial charge in [0, 0.05) is 39.0 Å². The van der Waals surface area contributed by atoms with Gasteiger partial charge in [-0.3, -0.25) is 4.90 Å². The number of ether oxygens (including phenoxy) is 2. The van der Waals surface area contributed by atoms with E-state index in [4.69, 9.17) is 9.47 Å². The molecule has 0 amide bonds. The summed E-state index contributed by atoms with van der Waals surface area (Å²) >= 11 is 0. The Morgan fingerprint density at radius 1 is 1.12 bits per heavy atom. The molecular formula is C13H23NO3. The fourth-order valence-electron chi connectivity index (χ4n) is 3.51. The van der Waals surface area contributed by atoms with Crippen molar-refractivity contribution in [3.63, 3.8) is 0 Å². The van der Waals surface area contributed by atoms with Crippen LogP contribution in [0, 0.1) is 0 Å². The summed E-state index contributed by atoms with van der Waals surface area (Å²) < 4.78 is 11.5. The van der Waals surface area contributed by atoms with E-state index >= 15 is 0 Å². The Morgan fingerprint density at radius 3 is 2.65 bits per heavy atom. The Bertz CT molecular complexity index is 260. The van der Waals surface area contributed by atoms with Gasteiger partial charge in [0.1, 0.15) is 0 Å². The van der Waals surface area contributed by atoms with Crippen molar-refractivity contribution < 1.29 is 14.6 Å². The fraction of sp³-hybridized carbons (Fsp3) is 1.00. The average molecular weight is 241 g/mol. The molecule has 4 nitrogen and oxygen atoms in total. The summed E-state index contributed by atoms with van der Waals surface area (Å²) in [6.07, 6.45) is 5.16. The minimum absolute atomic E-state index is 0.0781. The lowest BCUT2D eigenvalue weighted by atomic mass is 9.83. The van der Waals surface area contributed by atoms with Crippen LogP contribution in [0.15, 0.2) is 0 Å². The van der Waals surface area contributed by atoms with E-state index in [2.05, 4.69) is 4.90 Å². The van der Waals surface area contributed by atoms with E-state index in [1.54, 1.807) is 0 Å². The number of hydrogen-bond donors (Lipinski definition) is 1. The molecule has 3 rings (SSSR count). The van der Waals surface area contributed by atoms with Crippen LogP contribution in [0.25, 0.3) is 0 Å². The van der Waals surface area contributed by atoms with Crippen molar-refractivity contribution in [3.8, 4) is 0 Å². The Labute approximate surface area is 103 Å². The van der Waals surface area contributed by atoms with Crippen LogP contribution < -0.4 is 0 Å². The van der Waals surface area contributed by atoms with Crippen LogP contribution in [-0.4, -0.2) is 60.7 Å². The molecule has 1 N–H and O–H groups in total. The summed E-state index contributed by atoms with van der Waals surface area (Å²) in [5, 5.41) is 9.64. The predicted octanol–water partition coefficient (Wildman–Crippen LogP) is 0.781. The molecule has 98 valence electrons. The van der Waals surface area contributed by atoms with Gasteiger partial charge in [-0.25, -0.2) is 0 Å². The molecule has 3 aliphatic rings. The van der Waals surface area contributed by atoms with Crippen molar-refractivity contribution in [2.24, 2.45) is 0 Å². The molecule has 0 aliphatic carbocycles. The van der Waals surface area contributed by atoms with Gasteiger partial charge < -0.3 is 14.6 Å². The second kappa shape index (κ2) is 4.84. The van der Waals surface area contributed by atoms with Crippen molar-refractivity contribution in [1.82, 2.24) is 4.90 Å². The maximum absolute atomic E-state index is 9.64. The van der Waals surface area contributed by atoms with Gasteiger partial charge in [-0.2, -0.15) is 0 Å². The van der Waals surface area contributed by atoms with Crippen LogP contribution >= 0.6 is 0 Å². The smallest absolute Gasteiger partial charge is 0.0741 e. The van der Waals surface area contributed by atoms with Crippen LogP contribution in [0.2, 0.25) is 0 Å². The van der Waals surface area contributed by atoms with Crippen molar-refractivity contribution in [3.05, 3.63) is 0 Å². The van der Waals surface area contributed by atoms with E-state index in [0.29, 0.717) is 6.04 Å². The van der Waals surface area contributed by atoms with E-state index in [1.807, 2.05) is 0 Å². The number of β-amino-alcohol motifs (C(OH)–C–C–N with tert-alkyl or cyclic N) is 1. The first-order valence-corrected chi connectivity index (χ1v) is 6.91. The summed E-state index contributed by atoms with van der Waals surface area (Å²) in [5.74, 6) is 0. The van der Waals surface area contributed by atoms with Crippen molar-refractivity contribution in [2.75, 3.05) is 32.9 Å². The molecule has 1 spiro atoms. The largest absolute Gasteiger partial charge is 0.392 e. The molecule has 17 heavy (non-hydrogen) atoms. The lowest BCUT2D eigenvalue weighted by molar-refractivity contribution is -0.150. The molecule has 0 radical (unpaired) electrons. The number of likely N-dealkylation sites (tertiary alicyclic amines) is 1. The third kappa shape index (κ3) is 2.50. The zero-order valence-corrected chi connectivity index (χ0v) is 10.4. The topological polar surface area (TPSA) is 41.9 Å². The third-order valence-electron chi connectivity index (χ3n) is 4.58. The molecule has 0 aromatic carbocycles. The molecule has 0 aromatic heterocycles. The van der Waals surface area contributed by atoms with Gasteiger partial charge in [-0.1, -0.05) is 0 Å². The van der Waals surface area contributed by atoms with Gasteiger partial charge in [-0.15, -0.1) is 0 Å². The molecule has 0 saturated carbocycles. The average Bonchev–Trinajstić information content (AvgIpc) is 2.77. The first kappa shape index (κ1) is 11.9. The lowest BCUT2D eigenvalue weighted by Gasteiger charge is -2.45. The summed E-state index contributed by atoms with van der Waals surface area (Å²) in [5.41, 5.74) is 0.0781. The Hall–Kier alpha value is -0.160. The lowest BCUT2D eigenvalue weighted by Crippen LogP contribution is -2.50. The van der Waals surface area contributed by atoms with Gasteiger partial charge in [0.25, 0.3) is 0 Å². The molecule has 3 heterocycles. The highest BCUT2D eigenvalue weighted by Crippen LogP contribution is 2.36. The van der Waals surface area contributed by atoms with Gasteiger partial charge in [0.2, 0.25) is 0 Å². The van der Waals surface area contributed by atoms with Gasteiger partial charge >= 0.3 is 0 Å². The Morgan fingerprint density at radius 2 is 1.94 bits per heavy atom. The Kier molecular flexibility index (Phi) is 3.39. The molecule has 3 saturated heterocycles. The zero-order chi connectivity index (χ0) is 11.7. The van der Waals surface area contributed by atoms with Crippen LogP contribution in [0.5, 0.6) is 0 Å². The standard InChI is InChI=1S/C13H23NO3/c15-12-1-5-14(10-12)11-2-6-17-13(9-11)3-7-16-8-4-13/h11-12,15H,1-10H2/t11?,12-/m0/s1. The third-order valence-corrected chi connectivity index (χ3v) is 4.58. The number of aliphatic hydroxyl groups excluding tert-OH is 1. The van der Waals surface area contributed by atoms with Crippen molar-refractivity contribution >= 4 is 0 Å². The second-order valence-electron chi connectivity index (χ2n) is 5.73. The van der Waals surface area contributed by atoms with Gasteiger partial charge in [0.15, 0.2) is 0 Å². The summed E-state index contributed by atoms with van der Waals surface area (Å²) in [6, 6.07) is 0.610. The summed E-state index contributed by atoms with van der Waals surface area (Å²) in [7, 11) is 0. The number of rotatable bonds is 1. The molecule has 3 aliphatic heterocycles. The van der Waals surface area contributed by atoms with Gasteiger partial charge in [-0.05, 0) is 32.1 Å². The second-order valence-corrected chi connectivity index (χ2v) is 5.73. The van der Waals surface area contributed by atoms with E-state index in [0.717, 1.165) is 65.0 Å². The molecule has 0 bridgehead atoms.